The standard InChI is InChI=1S/C17H28N2OS/c1-4-14(5-2)17(20)19-9-6-15(7-10-19)18-12-16-13(3)8-11-21-16/h8,11,14-15,18H,4-7,9-10,12H2,1-3H3. The van der Waals surface area contributed by atoms with Gasteiger partial charge < -0.3 is 10.2 Å². The van der Waals surface area contributed by atoms with Gasteiger partial charge in [-0.1, -0.05) is 13.8 Å². The predicted octanol–water partition coefficient (Wildman–Crippen LogP) is 3.57. The number of aryl methyl sites for hydroxylation is 1. The zero-order valence-electron chi connectivity index (χ0n) is 13.5. The highest BCUT2D eigenvalue weighted by molar-refractivity contribution is 7.10. The molecule has 4 heteroatoms. The van der Waals surface area contributed by atoms with E-state index in [1.54, 1.807) is 0 Å². The van der Waals surface area contributed by atoms with E-state index in [2.05, 4.69) is 42.4 Å². The van der Waals surface area contributed by atoms with E-state index in [0.717, 1.165) is 45.3 Å². The van der Waals surface area contributed by atoms with Crippen LogP contribution in [0.4, 0.5) is 0 Å². The van der Waals surface area contributed by atoms with E-state index < -0.39 is 0 Å². The Hall–Kier alpha value is -0.870. The van der Waals surface area contributed by atoms with Crippen molar-refractivity contribution in [2.75, 3.05) is 13.1 Å². The molecule has 0 bridgehead atoms. The minimum atomic E-state index is 0.225. The van der Waals surface area contributed by atoms with Gasteiger partial charge in [-0.3, -0.25) is 4.79 Å². The largest absolute Gasteiger partial charge is 0.342 e. The summed E-state index contributed by atoms with van der Waals surface area (Å²) in [6, 6.07) is 2.73. The van der Waals surface area contributed by atoms with Crippen molar-refractivity contribution >= 4 is 17.2 Å². The average molecular weight is 308 g/mol. The third-order valence-corrected chi connectivity index (χ3v) is 5.68. The molecule has 1 aromatic heterocycles. The summed E-state index contributed by atoms with van der Waals surface area (Å²) in [7, 11) is 0. The maximum Gasteiger partial charge on any atom is 0.225 e. The quantitative estimate of drug-likeness (QED) is 0.871. The summed E-state index contributed by atoms with van der Waals surface area (Å²) in [5, 5.41) is 5.81. The van der Waals surface area contributed by atoms with E-state index in [0.29, 0.717) is 11.9 Å². The lowest BCUT2D eigenvalue weighted by molar-refractivity contribution is -0.136. The van der Waals surface area contributed by atoms with Gasteiger partial charge in [0.05, 0.1) is 0 Å². The second-order valence-electron chi connectivity index (χ2n) is 6.02. The molecule has 2 rings (SSSR count). The van der Waals surface area contributed by atoms with Crippen molar-refractivity contribution in [1.29, 1.82) is 0 Å². The molecule has 1 fully saturated rings. The minimum Gasteiger partial charge on any atom is -0.342 e. The van der Waals surface area contributed by atoms with Crippen LogP contribution in [-0.2, 0) is 11.3 Å². The molecule has 0 spiro atoms. The van der Waals surface area contributed by atoms with Crippen molar-refractivity contribution in [3.8, 4) is 0 Å². The van der Waals surface area contributed by atoms with Crippen molar-refractivity contribution in [1.82, 2.24) is 10.2 Å². The number of piperidine rings is 1. The molecular formula is C17H28N2OS. The van der Waals surface area contributed by atoms with Crippen molar-refractivity contribution in [3.05, 3.63) is 21.9 Å². The predicted molar refractivity (Wildman–Crippen MR) is 89.6 cm³/mol. The van der Waals surface area contributed by atoms with Crippen LogP contribution in [0.3, 0.4) is 0 Å². The lowest BCUT2D eigenvalue weighted by atomic mass is 9.98. The van der Waals surface area contributed by atoms with Crippen LogP contribution in [0.25, 0.3) is 0 Å². The topological polar surface area (TPSA) is 32.3 Å². The van der Waals surface area contributed by atoms with Gasteiger partial charge in [0.1, 0.15) is 0 Å². The number of thiophene rings is 1. The number of carbonyl (C=O) groups is 1. The number of likely N-dealkylation sites (tertiary alicyclic amines) is 1. The minimum absolute atomic E-state index is 0.225. The molecule has 1 amide bonds. The Morgan fingerprint density at radius 1 is 1.38 bits per heavy atom. The molecule has 0 atom stereocenters. The fourth-order valence-electron chi connectivity index (χ4n) is 3.02. The summed E-state index contributed by atoms with van der Waals surface area (Å²) in [4.78, 5) is 15.9. The second kappa shape index (κ2) is 7.95. The van der Waals surface area contributed by atoms with Crippen molar-refractivity contribution < 1.29 is 4.79 Å². The molecule has 1 aromatic rings. The van der Waals surface area contributed by atoms with E-state index in [1.165, 1.54) is 10.4 Å². The number of nitrogens with zero attached hydrogens (tertiary/aromatic N) is 1. The molecule has 21 heavy (non-hydrogen) atoms. The summed E-state index contributed by atoms with van der Waals surface area (Å²) in [6.45, 7) is 9.19. The molecule has 1 aliphatic rings. The Balaban J connectivity index is 1.75. The highest BCUT2D eigenvalue weighted by Gasteiger charge is 2.26. The van der Waals surface area contributed by atoms with Gasteiger partial charge in [-0.25, -0.2) is 0 Å². The maximum absolute atomic E-state index is 12.4. The van der Waals surface area contributed by atoms with Crippen molar-refractivity contribution in [2.45, 2.75) is 59.0 Å². The molecule has 1 aliphatic heterocycles. The highest BCUT2D eigenvalue weighted by Crippen LogP contribution is 2.19. The summed E-state index contributed by atoms with van der Waals surface area (Å²) in [5.74, 6) is 0.593. The van der Waals surface area contributed by atoms with Gasteiger partial charge in [-0.05, 0) is 49.6 Å². The smallest absolute Gasteiger partial charge is 0.225 e. The summed E-state index contributed by atoms with van der Waals surface area (Å²) >= 11 is 1.83. The van der Waals surface area contributed by atoms with Crippen LogP contribution in [0, 0.1) is 12.8 Å². The number of rotatable bonds is 6. The molecule has 3 nitrogen and oxygen atoms in total. The van der Waals surface area contributed by atoms with Crippen LogP contribution < -0.4 is 5.32 Å². The molecule has 118 valence electrons. The van der Waals surface area contributed by atoms with Gasteiger partial charge in [0.2, 0.25) is 5.91 Å². The second-order valence-corrected chi connectivity index (χ2v) is 7.02. The summed E-state index contributed by atoms with van der Waals surface area (Å²) < 4.78 is 0. The molecular weight excluding hydrogens is 280 g/mol. The third-order valence-electron chi connectivity index (χ3n) is 4.66. The van der Waals surface area contributed by atoms with E-state index in [1.807, 2.05) is 11.3 Å². The molecule has 0 unspecified atom stereocenters. The van der Waals surface area contributed by atoms with Gasteiger partial charge >= 0.3 is 0 Å². The normalized spacial score (nSPS) is 16.7. The van der Waals surface area contributed by atoms with Crippen LogP contribution in [-0.4, -0.2) is 29.9 Å². The van der Waals surface area contributed by atoms with Gasteiger partial charge in [-0.2, -0.15) is 0 Å². The van der Waals surface area contributed by atoms with Crippen LogP contribution in [0.5, 0.6) is 0 Å². The fraction of sp³-hybridized carbons (Fsp3) is 0.706. The molecule has 0 aromatic carbocycles. The van der Waals surface area contributed by atoms with E-state index >= 15 is 0 Å². The van der Waals surface area contributed by atoms with Crippen LogP contribution in [0.2, 0.25) is 0 Å². The number of carbonyl (C=O) groups excluding carboxylic acids is 1. The lowest BCUT2D eigenvalue weighted by Gasteiger charge is -2.34. The first-order valence-electron chi connectivity index (χ1n) is 8.20. The van der Waals surface area contributed by atoms with E-state index in [-0.39, 0.29) is 5.92 Å². The Labute approximate surface area is 132 Å². The van der Waals surface area contributed by atoms with Gasteiger partial charge in [0.15, 0.2) is 0 Å². The number of amides is 1. The van der Waals surface area contributed by atoms with E-state index in [9.17, 15) is 4.79 Å². The zero-order valence-corrected chi connectivity index (χ0v) is 14.3. The first-order valence-corrected chi connectivity index (χ1v) is 9.08. The molecule has 0 radical (unpaired) electrons. The first-order chi connectivity index (χ1) is 10.2. The van der Waals surface area contributed by atoms with Gasteiger partial charge in [0, 0.05) is 36.5 Å². The SMILES string of the molecule is CCC(CC)C(=O)N1CCC(NCc2sccc2C)CC1. The van der Waals surface area contributed by atoms with Gasteiger partial charge in [-0.15, -0.1) is 11.3 Å². The average Bonchev–Trinajstić information content (AvgIpc) is 2.92. The molecule has 0 saturated carbocycles. The molecule has 2 heterocycles. The zero-order chi connectivity index (χ0) is 15.2. The third kappa shape index (κ3) is 4.30. The molecule has 1 N–H and O–H groups in total. The number of hydrogen-bond donors (Lipinski definition) is 1. The van der Waals surface area contributed by atoms with Crippen LogP contribution >= 0.6 is 11.3 Å². The number of nitrogens with one attached hydrogen (secondary N) is 1. The molecule has 0 aliphatic carbocycles. The monoisotopic (exact) mass is 308 g/mol. The van der Waals surface area contributed by atoms with Crippen molar-refractivity contribution in [2.24, 2.45) is 5.92 Å². The Morgan fingerprint density at radius 2 is 2.05 bits per heavy atom. The van der Waals surface area contributed by atoms with E-state index in [4.69, 9.17) is 0 Å². The Morgan fingerprint density at radius 3 is 2.57 bits per heavy atom. The molecule has 1 saturated heterocycles. The maximum atomic E-state index is 12.4. The number of hydrogen-bond acceptors (Lipinski definition) is 3. The Kier molecular flexibility index (Phi) is 6.24. The highest BCUT2D eigenvalue weighted by atomic mass is 32.1. The van der Waals surface area contributed by atoms with Crippen LogP contribution in [0.1, 0.15) is 50.0 Å². The fourth-order valence-corrected chi connectivity index (χ4v) is 3.88. The van der Waals surface area contributed by atoms with Crippen molar-refractivity contribution in [3.63, 3.8) is 0 Å². The van der Waals surface area contributed by atoms with Crippen LogP contribution in [0.15, 0.2) is 11.4 Å². The summed E-state index contributed by atoms with van der Waals surface area (Å²) in [5.41, 5.74) is 1.38. The van der Waals surface area contributed by atoms with Gasteiger partial charge in [0.25, 0.3) is 0 Å². The Bertz CT molecular complexity index is 445. The first kappa shape index (κ1) is 16.5. The lowest BCUT2D eigenvalue weighted by Crippen LogP contribution is -2.46. The summed E-state index contributed by atoms with van der Waals surface area (Å²) in [6.07, 6.45) is 4.09.